The fourth-order valence-corrected chi connectivity index (χ4v) is 7.42. The molecule has 0 unspecified atom stereocenters. The third-order valence-corrected chi connectivity index (χ3v) is 8.27. The van der Waals surface area contributed by atoms with E-state index in [1.165, 1.54) is 6.42 Å². The highest BCUT2D eigenvalue weighted by Crippen LogP contribution is 2.62. The Morgan fingerprint density at radius 3 is 2.27 bits per heavy atom. The van der Waals surface area contributed by atoms with Crippen LogP contribution in [0.5, 0.6) is 5.75 Å². The maximum Gasteiger partial charge on any atom is 0.223 e. The third kappa shape index (κ3) is 3.66. The molecule has 162 valence electrons. The standard InChI is InChI=1S/C25H33NO4/c1-30-21-4-2-19(3-5-21)23(28)20-6-8-26(9-7-20)22(27)15-24-11-17-10-18(12-24)14-25(29,13-17)16-24/h2-5,17-18,20,29H,6-16H2,1H3/t17-,18-,24?,25?/m1/s1. The predicted octanol–water partition coefficient (Wildman–Crippen LogP) is 3.84. The zero-order valence-corrected chi connectivity index (χ0v) is 17.9. The first-order valence-electron chi connectivity index (χ1n) is 11.6. The lowest BCUT2D eigenvalue weighted by Gasteiger charge is -2.60. The van der Waals surface area contributed by atoms with Gasteiger partial charge in [0.05, 0.1) is 12.7 Å². The van der Waals surface area contributed by atoms with Gasteiger partial charge in [-0.2, -0.15) is 0 Å². The average Bonchev–Trinajstić information content (AvgIpc) is 2.71. The van der Waals surface area contributed by atoms with Crippen LogP contribution in [0.4, 0.5) is 0 Å². The Balaban J connectivity index is 1.18. The van der Waals surface area contributed by atoms with Gasteiger partial charge in [0.2, 0.25) is 5.91 Å². The smallest absolute Gasteiger partial charge is 0.223 e. The van der Waals surface area contributed by atoms with Crippen LogP contribution >= 0.6 is 0 Å². The Bertz CT molecular complexity index is 810. The molecule has 30 heavy (non-hydrogen) atoms. The molecule has 1 saturated heterocycles. The van der Waals surface area contributed by atoms with Crippen LogP contribution in [0.1, 0.15) is 68.1 Å². The highest BCUT2D eigenvalue weighted by atomic mass is 16.5. The summed E-state index contributed by atoms with van der Waals surface area (Å²) in [6.45, 7) is 1.33. The molecule has 1 amide bonds. The number of ketones is 1. The van der Waals surface area contributed by atoms with E-state index in [0.29, 0.717) is 31.3 Å². The maximum absolute atomic E-state index is 13.1. The van der Waals surface area contributed by atoms with Gasteiger partial charge in [-0.3, -0.25) is 9.59 Å². The van der Waals surface area contributed by atoms with Crippen molar-refractivity contribution in [2.24, 2.45) is 23.2 Å². The first kappa shape index (κ1) is 20.0. The number of amides is 1. The van der Waals surface area contributed by atoms with Crippen molar-refractivity contribution < 1.29 is 19.4 Å². The van der Waals surface area contributed by atoms with E-state index in [2.05, 4.69) is 0 Å². The van der Waals surface area contributed by atoms with Crippen LogP contribution < -0.4 is 4.74 Å². The summed E-state index contributed by atoms with van der Waals surface area (Å²) < 4.78 is 5.17. The highest BCUT2D eigenvalue weighted by molar-refractivity contribution is 5.98. The van der Waals surface area contributed by atoms with E-state index in [1.807, 2.05) is 29.2 Å². The van der Waals surface area contributed by atoms with Gasteiger partial charge in [0.15, 0.2) is 5.78 Å². The van der Waals surface area contributed by atoms with E-state index in [9.17, 15) is 14.7 Å². The number of hydrogen-bond acceptors (Lipinski definition) is 4. The number of rotatable bonds is 5. The molecular weight excluding hydrogens is 378 g/mol. The lowest BCUT2D eigenvalue weighted by molar-refractivity contribution is -0.172. The molecule has 1 heterocycles. The molecule has 1 aromatic carbocycles. The summed E-state index contributed by atoms with van der Waals surface area (Å²) in [7, 11) is 1.62. The number of likely N-dealkylation sites (tertiary alicyclic amines) is 1. The molecule has 1 aliphatic heterocycles. The van der Waals surface area contributed by atoms with Gasteiger partial charge in [0.25, 0.3) is 0 Å². The molecule has 1 N–H and O–H groups in total. The second-order valence-electron chi connectivity index (χ2n) is 10.6. The monoisotopic (exact) mass is 411 g/mol. The molecule has 4 aliphatic carbocycles. The number of Topliss-reactive ketones (excluding diaryl/α,β-unsaturated/α-hetero) is 1. The summed E-state index contributed by atoms with van der Waals surface area (Å²) in [5.74, 6) is 2.36. The molecule has 5 heteroatoms. The van der Waals surface area contributed by atoms with Gasteiger partial charge in [-0.25, -0.2) is 0 Å². The summed E-state index contributed by atoms with van der Waals surface area (Å²) in [6.07, 6.45) is 8.23. The number of carbonyl (C=O) groups is 2. The van der Waals surface area contributed by atoms with E-state index < -0.39 is 5.60 Å². The first-order chi connectivity index (χ1) is 14.4. The lowest BCUT2D eigenvalue weighted by atomic mass is 9.47. The Hall–Kier alpha value is -1.88. The maximum atomic E-state index is 13.1. The normalized spacial score (nSPS) is 35.5. The van der Waals surface area contributed by atoms with Crippen LogP contribution in [-0.2, 0) is 4.79 Å². The van der Waals surface area contributed by atoms with E-state index in [0.717, 1.165) is 56.3 Å². The number of nitrogens with zero attached hydrogens (tertiary/aromatic N) is 1. The molecule has 0 aromatic heterocycles. The van der Waals surface area contributed by atoms with Crippen LogP contribution in [0.2, 0.25) is 0 Å². The zero-order chi connectivity index (χ0) is 20.9. The fourth-order valence-electron chi connectivity index (χ4n) is 7.42. The topological polar surface area (TPSA) is 66.8 Å². The van der Waals surface area contributed by atoms with Crippen LogP contribution in [0.15, 0.2) is 24.3 Å². The molecule has 6 rings (SSSR count). The number of methoxy groups -OCH3 is 1. The van der Waals surface area contributed by atoms with Gasteiger partial charge in [0, 0.05) is 31.0 Å². The number of aliphatic hydroxyl groups is 1. The van der Waals surface area contributed by atoms with Gasteiger partial charge in [-0.15, -0.1) is 0 Å². The van der Waals surface area contributed by atoms with Crippen molar-refractivity contribution in [1.82, 2.24) is 4.90 Å². The number of piperidine rings is 1. The second-order valence-corrected chi connectivity index (χ2v) is 10.6. The predicted molar refractivity (Wildman–Crippen MR) is 113 cm³/mol. The second kappa shape index (κ2) is 7.37. The Kier molecular flexibility index (Phi) is 4.92. The summed E-state index contributed by atoms with van der Waals surface area (Å²) in [5.41, 5.74) is 0.232. The molecule has 4 bridgehead atoms. The minimum atomic E-state index is -0.512. The lowest BCUT2D eigenvalue weighted by Crippen LogP contribution is -2.56. The van der Waals surface area contributed by atoms with Gasteiger partial charge in [0.1, 0.15) is 5.75 Å². The molecule has 5 fully saturated rings. The minimum Gasteiger partial charge on any atom is -0.497 e. The number of carbonyl (C=O) groups excluding carboxylic acids is 2. The van der Waals surface area contributed by atoms with Crippen molar-refractivity contribution in [3.05, 3.63) is 29.8 Å². The molecular formula is C25H33NO4. The van der Waals surface area contributed by atoms with Crippen LogP contribution in [0, 0.1) is 23.2 Å². The number of hydrogen-bond donors (Lipinski definition) is 1. The molecule has 0 radical (unpaired) electrons. The third-order valence-electron chi connectivity index (χ3n) is 8.27. The van der Waals surface area contributed by atoms with Crippen molar-refractivity contribution in [3.63, 3.8) is 0 Å². The van der Waals surface area contributed by atoms with Gasteiger partial charge < -0.3 is 14.7 Å². The Labute approximate surface area is 178 Å². The average molecular weight is 412 g/mol. The molecule has 5 aliphatic rings. The van der Waals surface area contributed by atoms with Crippen molar-refractivity contribution in [2.75, 3.05) is 20.2 Å². The van der Waals surface area contributed by atoms with E-state index in [-0.39, 0.29) is 23.0 Å². The van der Waals surface area contributed by atoms with Crippen LogP contribution in [0.25, 0.3) is 0 Å². The van der Waals surface area contributed by atoms with E-state index in [4.69, 9.17) is 4.74 Å². The summed E-state index contributed by atoms with van der Waals surface area (Å²) in [5, 5.41) is 11.0. The molecule has 5 nitrogen and oxygen atoms in total. The van der Waals surface area contributed by atoms with E-state index in [1.54, 1.807) is 7.11 Å². The van der Waals surface area contributed by atoms with Gasteiger partial charge in [-0.1, -0.05) is 0 Å². The van der Waals surface area contributed by atoms with Crippen LogP contribution in [0.3, 0.4) is 0 Å². The quantitative estimate of drug-likeness (QED) is 0.748. The highest BCUT2D eigenvalue weighted by Gasteiger charge is 2.57. The molecule has 2 atom stereocenters. The molecule has 1 aromatic rings. The van der Waals surface area contributed by atoms with E-state index >= 15 is 0 Å². The van der Waals surface area contributed by atoms with Crippen LogP contribution in [-0.4, -0.2) is 47.5 Å². The first-order valence-corrected chi connectivity index (χ1v) is 11.6. The van der Waals surface area contributed by atoms with Crippen molar-refractivity contribution >= 4 is 11.7 Å². The SMILES string of the molecule is COc1ccc(C(=O)C2CCN(C(=O)CC34C[C@H]5C[C@@H](CC(O)(C5)C3)C4)CC2)cc1. The zero-order valence-electron chi connectivity index (χ0n) is 17.9. The van der Waals surface area contributed by atoms with Gasteiger partial charge >= 0.3 is 0 Å². The summed E-state index contributed by atoms with van der Waals surface area (Å²) in [4.78, 5) is 28.0. The largest absolute Gasteiger partial charge is 0.497 e. The van der Waals surface area contributed by atoms with Crippen molar-refractivity contribution in [2.45, 2.75) is 63.4 Å². The Morgan fingerprint density at radius 2 is 1.70 bits per heavy atom. The molecule has 4 saturated carbocycles. The fraction of sp³-hybridized carbons (Fsp3) is 0.680. The van der Waals surface area contributed by atoms with Gasteiger partial charge in [-0.05, 0) is 92.9 Å². The van der Waals surface area contributed by atoms with Crippen molar-refractivity contribution in [1.29, 1.82) is 0 Å². The number of ether oxygens (including phenoxy) is 1. The molecule has 0 spiro atoms. The Morgan fingerprint density at radius 1 is 1.07 bits per heavy atom. The van der Waals surface area contributed by atoms with Crippen molar-refractivity contribution in [3.8, 4) is 5.75 Å². The minimum absolute atomic E-state index is 0.0114. The number of benzene rings is 1. The summed E-state index contributed by atoms with van der Waals surface area (Å²) in [6, 6.07) is 7.31. The summed E-state index contributed by atoms with van der Waals surface area (Å²) >= 11 is 0.